The molecule has 11 heavy (non-hydrogen) atoms. The Morgan fingerprint density at radius 1 is 1.00 bits per heavy atom. The molecule has 0 heterocycles. The molecule has 0 aromatic rings. The normalized spacial score (nSPS) is 14.2. The summed E-state index contributed by atoms with van der Waals surface area (Å²) in [5, 5.41) is 0. The van der Waals surface area contributed by atoms with E-state index in [0.717, 1.165) is 0 Å². The number of rotatable bonds is 3. The molecular formula is C6H20N2OSi2. The average molecular weight is 192 g/mol. The van der Waals surface area contributed by atoms with Crippen LogP contribution in [0.3, 0.4) is 0 Å². The minimum absolute atomic E-state index is 0.269. The summed E-state index contributed by atoms with van der Waals surface area (Å²) in [6.45, 7) is 10.6. The third-order valence-electron chi connectivity index (χ3n) is 1.37. The molecule has 0 radical (unpaired) electrons. The van der Waals surface area contributed by atoms with Crippen LogP contribution in [0.1, 0.15) is 0 Å². The molecule has 0 saturated carbocycles. The predicted octanol–water partition coefficient (Wildman–Crippen LogP) is 0.826. The van der Waals surface area contributed by atoms with Crippen molar-refractivity contribution in [2.45, 2.75) is 38.5 Å². The molecule has 0 amide bonds. The van der Waals surface area contributed by atoms with Gasteiger partial charge in [-0.1, -0.05) is 0 Å². The summed E-state index contributed by atoms with van der Waals surface area (Å²) >= 11 is 0. The number of hydrogen-bond acceptors (Lipinski definition) is 3. The molecule has 0 bridgehead atoms. The second-order valence-electron chi connectivity index (χ2n) is 4.34. The lowest BCUT2D eigenvalue weighted by molar-refractivity contribution is 0.528. The summed E-state index contributed by atoms with van der Waals surface area (Å²) < 4.78 is 5.91. The highest BCUT2D eigenvalue weighted by atomic mass is 28.4. The van der Waals surface area contributed by atoms with Crippen molar-refractivity contribution in [2.75, 3.05) is 0 Å². The Balaban J connectivity index is 4.13. The van der Waals surface area contributed by atoms with E-state index in [1.165, 1.54) is 0 Å². The molecule has 0 aromatic heterocycles. The van der Waals surface area contributed by atoms with Crippen LogP contribution in [0.15, 0.2) is 0 Å². The Hall–Kier alpha value is 0.314. The Bertz CT molecular complexity index is 131. The monoisotopic (exact) mass is 192 g/mol. The summed E-state index contributed by atoms with van der Waals surface area (Å²) in [6.07, 6.45) is 0. The van der Waals surface area contributed by atoms with Gasteiger partial charge in [-0.3, -0.25) is 0 Å². The first-order valence-corrected chi connectivity index (χ1v) is 10.3. The maximum atomic E-state index is 5.91. The second-order valence-corrected chi connectivity index (χ2v) is 13.3. The lowest BCUT2D eigenvalue weighted by Crippen LogP contribution is -2.59. The zero-order valence-electron chi connectivity index (χ0n) is 8.14. The van der Waals surface area contributed by atoms with E-state index < -0.39 is 16.6 Å². The molecule has 3 nitrogen and oxygen atoms in total. The van der Waals surface area contributed by atoms with Crippen molar-refractivity contribution in [1.82, 2.24) is 0 Å². The SMILES string of the molecule is C[Si](C)(C)O[Si](C)(C)C(N)N. The fraction of sp³-hybridized carbons (Fsp3) is 1.00. The van der Waals surface area contributed by atoms with Crippen molar-refractivity contribution in [3.05, 3.63) is 0 Å². The van der Waals surface area contributed by atoms with Crippen LogP contribution < -0.4 is 11.5 Å². The van der Waals surface area contributed by atoms with Gasteiger partial charge in [-0.2, -0.15) is 0 Å². The van der Waals surface area contributed by atoms with Crippen LogP contribution in [0.5, 0.6) is 0 Å². The van der Waals surface area contributed by atoms with Gasteiger partial charge in [0.05, 0.1) is 5.79 Å². The Morgan fingerprint density at radius 3 is 1.45 bits per heavy atom. The van der Waals surface area contributed by atoms with Gasteiger partial charge in [0, 0.05) is 0 Å². The summed E-state index contributed by atoms with van der Waals surface area (Å²) in [4.78, 5) is 0. The molecule has 0 aromatic carbocycles. The Kier molecular flexibility index (Phi) is 3.46. The molecule has 0 atom stereocenters. The van der Waals surface area contributed by atoms with Crippen LogP contribution in [0.25, 0.3) is 0 Å². The minimum Gasteiger partial charge on any atom is -0.454 e. The van der Waals surface area contributed by atoms with Crippen LogP contribution in [-0.4, -0.2) is 22.4 Å². The van der Waals surface area contributed by atoms with Gasteiger partial charge in [0.25, 0.3) is 0 Å². The maximum Gasteiger partial charge on any atom is 0.204 e. The van der Waals surface area contributed by atoms with E-state index in [9.17, 15) is 0 Å². The van der Waals surface area contributed by atoms with E-state index >= 15 is 0 Å². The fourth-order valence-corrected chi connectivity index (χ4v) is 7.71. The first kappa shape index (κ1) is 11.3. The van der Waals surface area contributed by atoms with Gasteiger partial charge < -0.3 is 15.6 Å². The molecule has 0 aliphatic heterocycles. The van der Waals surface area contributed by atoms with Crippen molar-refractivity contribution in [3.8, 4) is 0 Å². The maximum absolute atomic E-state index is 5.91. The Morgan fingerprint density at radius 2 is 1.36 bits per heavy atom. The van der Waals surface area contributed by atoms with E-state index in [1.54, 1.807) is 0 Å². The summed E-state index contributed by atoms with van der Waals surface area (Å²) in [5.74, 6) is -0.269. The van der Waals surface area contributed by atoms with Crippen molar-refractivity contribution in [2.24, 2.45) is 11.5 Å². The molecular weight excluding hydrogens is 172 g/mol. The van der Waals surface area contributed by atoms with Crippen molar-refractivity contribution < 1.29 is 4.12 Å². The van der Waals surface area contributed by atoms with Gasteiger partial charge in [-0.25, -0.2) is 0 Å². The van der Waals surface area contributed by atoms with Gasteiger partial charge in [0.2, 0.25) is 8.32 Å². The average Bonchev–Trinajstić information content (AvgIpc) is 1.56. The summed E-state index contributed by atoms with van der Waals surface area (Å²) in [7, 11) is -3.25. The molecule has 5 heteroatoms. The largest absolute Gasteiger partial charge is 0.454 e. The molecule has 4 N–H and O–H groups in total. The zero-order chi connectivity index (χ0) is 9.28. The first-order chi connectivity index (χ1) is 4.65. The smallest absolute Gasteiger partial charge is 0.204 e. The first-order valence-electron chi connectivity index (χ1n) is 3.86. The summed E-state index contributed by atoms with van der Waals surface area (Å²) in [6, 6.07) is 0. The van der Waals surface area contributed by atoms with Crippen molar-refractivity contribution >= 4 is 16.6 Å². The predicted molar refractivity (Wildman–Crippen MR) is 54.1 cm³/mol. The van der Waals surface area contributed by atoms with Crippen LogP contribution >= 0.6 is 0 Å². The molecule has 0 saturated heterocycles. The highest BCUT2D eigenvalue weighted by molar-refractivity contribution is 6.84. The van der Waals surface area contributed by atoms with Crippen molar-refractivity contribution in [1.29, 1.82) is 0 Å². The Labute approximate surface area is 71.4 Å². The molecule has 0 spiro atoms. The lowest BCUT2D eigenvalue weighted by atomic mass is 11.2. The van der Waals surface area contributed by atoms with Crippen LogP contribution in [0.4, 0.5) is 0 Å². The van der Waals surface area contributed by atoms with Gasteiger partial charge in [0.1, 0.15) is 0 Å². The van der Waals surface area contributed by atoms with E-state index in [2.05, 4.69) is 32.7 Å². The van der Waals surface area contributed by atoms with E-state index in [-0.39, 0.29) is 5.79 Å². The highest BCUT2D eigenvalue weighted by Gasteiger charge is 2.33. The van der Waals surface area contributed by atoms with Crippen LogP contribution in [0, 0.1) is 0 Å². The van der Waals surface area contributed by atoms with Crippen molar-refractivity contribution in [3.63, 3.8) is 0 Å². The molecule has 0 fully saturated rings. The third kappa shape index (κ3) is 4.70. The highest BCUT2D eigenvalue weighted by Crippen LogP contribution is 2.14. The van der Waals surface area contributed by atoms with Crippen LogP contribution in [-0.2, 0) is 4.12 Å². The van der Waals surface area contributed by atoms with Gasteiger partial charge in [0.15, 0.2) is 8.32 Å². The third-order valence-corrected chi connectivity index (χ3v) is 7.53. The second kappa shape index (κ2) is 3.36. The molecule has 0 aliphatic carbocycles. The quantitative estimate of drug-likeness (QED) is 0.514. The number of nitrogens with two attached hydrogens (primary N) is 2. The molecule has 0 unspecified atom stereocenters. The van der Waals surface area contributed by atoms with E-state index in [4.69, 9.17) is 15.6 Å². The summed E-state index contributed by atoms with van der Waals surface area (Å²) in [5.41, 5.74) is 11.2. The molecule has 68 valence electrons. The molecule has 0 aliphatic rings. The lowest BCUT2D eigenvalue weighted by Gasteiger charge is -2.33. The fourth-order valence-electron chi connectivity index (χ4n) is 0.857. The van der Waals surface area contributed by atoms with E-state index in [1.807, 2.05) is 0 Å². The van der Waals surface area contributed by atoms with E-state index in [0.29, 0.717) is 0 Å². The van der Waals surface area contributed by atoms with Crippen LogP contribution in [0.2, 0.25) is 32.7 Å². The zero-order valence-corrected chi connectivity index (χ0v) is 10.1. The standard InChI is InChI=1S/C6H20N2OSi2/c1-10(2,3)9-11(4,5)6(7)8/h6H,7-8H2,1-5H3. The number of hydrogen-bond donors (Lipinski definition) is 2. The minimum atomic E-state index is -1.80. The van der Waals surface area contributed by atoms with Gasteiger partial charge in [-0.15, -0.1) is 0 Å². The van der Waals surface area contributed by atoms with Gasteiger partial charge >= 0.3 is 0 Å². The molecule has 0 rings (SSSR count). The van der Waals surface area contributed by atoms with Gasteiger partial charge in [-0.05, 0) is 32.7 Å². The topological polar surface area (TPSA) is 61.3 Å².